The van der Waals surface area contributed by atoms with Gasteiger partial charge in [0.05, 0.1) is 17.9 Å². The van der Waals surface area contributed by atoms with Gasteiger partial charge >= 0.3 is 5.97 Å². The van der Waals surface area contributed by atoms with Gasteiger partial charge in [0.15, 0.2) is 0 Å². The molecular weight excluding hydrogens is 285 g/mol. The number of hydrogen-bond acceptors (Lipinski definition) is 2. The van der Waals surface area contributed by atoms with Crippen molar-refractivity contribution in [1.29, 1.82) is 0 Å². The Kier molecular flexibility index (Phi) is 4.14. The molecule has 118 valence electrons. The monoisotopic (exact) mass is 305 g/mol. The molecule has 0 bridgehead atoms. The summed E-state index contributed by atoms with van der Waals surface area (Å²) >= 11 is 0. The van der Waals surface area contributed by atoms with Gasteiger partial charge in [0.25, 0.3) is 0 Å². The smallest absolute Gasteiger partial charge is 0.307 e. The van der Waals surface area contributed by atoms with Crippen LogP contribution in [-0.4, -0.2) is 17.0 Å². The number of carboxylic acids is 1. The van der Waals surface area contributed by atoms with E-state index in [0.29, 0.717) is 18.8 Å². The van der Waals surface area contributed by atoms with E-state index in [4.69, 9.17) is 5.11 Å². The van der Waals surface area contributed by atoms with E-state index in [-0.39, 0.29) is 17.8 Å². The minimum atomic E-state index is -0.895. The Bertz CT molecular complexity index is 568. The van der Waals surface area contributed by atoms with Gasteiger partial charge < -0.3 is 10.4 Å². The van der Waals surface area contributed by atoms with Crippen LogP contribution in [0.5, 0.6) is 0 Å². The van der Waals surface area contributed by atoms with Crippen LogP contribution in [0.25, 0.3) is 0 Å². The van der Waals surface area contributed by atoms with Crippen molar-refractivity contribution in [2.75, 3.05) is 0 Å². The van der Waals surface area contributed by atoms with E-state index in [0.717, 1.165) is 24.8 Å². The maximum absolute atomic E-state index is 13.1. The molecule has 2 fully saturated rings. The van der Waals surface area contributed by atoms with Crippen molar-refractivity contribution in [3.8, 4) is 0 Å². The van der Waals surface area contributed by atoms with Gasteiger partial charge in [-0.3, -0.25) is 9.59 Å². The summed E-state index contributed by atoms with van der Waals surface area (Å²) in [6.45, 7) is 0. The molecule has 3 atom stereocenters. The number of hydrogen-bond donors (Lipinski definition) is 2. The Morgan fingerprint density at radius 1 is 1.09 bits per heavy atom. The third-order valence-corrected chi connectivity index (χ3v) is 5.08. The van der Waals surface area contributed by atoms with E-state index in [1.54, 1.807) is 12.1 Å². The first-order chi connectivity index (χ1) is 10.6. The van der Waals surface area contributed by atoms with Gasteiger partial charge in [0, 0.05) is 0 Å². The van der Waals surface area contributed by atoms with Crippen molar-refractivity contribution < 1.29 is 19.1 Å². The van der Waals surface area contributed by atoms with Crippen molar-refractivity contribution in [2.24, 2.45) is 17.8 Å². The zero-order chi connectivity index (χ0) is 15.7. The largest absolute Gasteiger partial charge is 0.481 e. The summed E-state index contributed by atoms with van der Waals surface area (Å²) in [6.07, 6.45) is 4.41. The van der Waals surface area contributed by atoms with Crippen LogP contribution in [-0.2, 0) is 9.59 Å². The fourth-order valence-corrected chi connectivity index (χ4v) is 3.29. The molecule has 2 N–H and O–H groups in total. The number of aliphatic carboxylic acids is 1. The van der Waals surface area contributed by atoms with Crippen LogP contribution >= 0.6 is 0 Å². The molecule has 0 radical (unpaired) electrons. The quantitative estimate of drug-likeness (QED) is 0.879. The summed E-state index contributed by atoms with van der Waals surface area (Å²) < 4.78 is 13.1. The second-order valence-corrected chi connectivity index (χ2v) is 6.36. The molecule has 0 saturated heterocycles. The van der Waals surface area contributed by atoms with Gasteiger partial charge in [-0.1, -0.05) is 18.6 Å². The third kappa shape index (κ3) is 2.85. The number of nitrogens with one attached hydrogen (secondary N) is 1. The van der Waals surface area contributed by atoms with Crippen LogP contribution in [0.2, 0.25) is 0 Å². The molecule has 1 amide bonds. The first-order valence-corrected chi connectivity index (χ1v) is 7.85. The maximum Gasteiger partial charge on any atom is 0.307 e. The first kappa shape index (κ1) is 15.0. The molecular formula is C17H20FNO3. The van der Waals surface area contributed by atoms with Crippen LogP contribution in [0.15, 0.2) is 24.3 Å². The third-order valence-electron chi connectivity index (χ3n) is 5.08. The van der Waals surface area contributed by atoms with Crippen molar-refractivity contribution in [1.82, 2.24) is 5.32 Å². The molecule has 0 heterocycles. The lowest BCUT2D eigenvalue weighted by atomic mass is 9.72. The Hall–Kier alpha value is -1.91. The van der Waals surface area contributed by atoms with E-state index in [1.165, 1.54) is 12.1 Å². The summed E-state index contributed by atoms with van der Waals surface area (Å²) in [5.74, 6) is -2.01. The predicted molar refractivity (Wildman–Crippen MR) is 78.5 cm³/mol. The fourth-order valence-electron chi connectivity index (χ4n) is 3.29. The fraction of sp³-hybridized carbons (Fsp3) is 0.529. The van der Waals surface area contributed by atoms with E-state index in [9.17, 15) is 14.0 Å². The van der Waals surface area contributed by atoms with Gasteiger partial charge in [-0.05, 0) is 49.3 Å². The van der Waals surface area contributed by atoms with Crippen molar-refractivity contribution in [3.63, 3.8) is 0 Å². The number of amides is 1. The molecule has 22 heavy (non-hydrogen) atoms. The lowest BCUT2D eigenvalue weighted by Crippen LogP contribution is -2.46. The number of carboxylic acid groups (broad SMARTS) is 1. The zero-order valence-electron chi connectivity index (χ0n) is 12.3. The Morgan fingerprint density at radius 2 is 1.73 bits per heavy atom. The highest BCUT2D eigenvalue weighted by molar-refractivity contribution is 5.86. The average Bonchev–Trinajstić information content (AvgIpc) is 2.34. The summed E-state index contributed by atoms with van der Waals surface area (Å²) in [5.41, 5.74) is 0.894. The van der Waals surface area contributed by atoms with E-state index < -0.39 is 17.8 Å². The van der Waals surface area contributed by atoms with E-state index in [2.05, 4.69) is 5.32 Å². The van der Waals surface area contributed by atoms with Crippen LogP contribution < -0.4 is 5.32 Å². The number of carbonyl (C=O) groups excluding carboxylic acids is 1. The second-order valence-electron chi connectivity index (χ2n) is 6.36. The molecule has 4 nitrogen and oxygen atoms in total. The Morgan fingerprint density at radius 3 is 2.18 bits per heavy atom. The summed E-state index contributed by atoms with van der Waals surface area (Å²) in [6, 6.07) is 6.06. The van der Waals surface area contributed by atoms with Crippen LogP contribution in [0.4, 0.5) is 4.39 Å². The first-order valence-electron chi connectivity index (χ1n) is 7.85. The molecule has 0 aliphatic heterocycles. The molecule has 0 spiro atoms. The SMILES string of the molecule is O=C(O)C1CCC1C(=O)NC(c1ccc(F)cc1)C1CCC1. The molecule has 3 rings (SSSR count). The van der Waals surface area contributed by atoms with Gasteiger partial charge in [-0.15, -0.1) is 0 Å². The topological polar surface area (TPSA) is 66.4 Å². The van der Waals surface area contributed by atoms with E-state index in [1.807, 2.05) is 0 Å². The molecule has 1 aromatic rings. The van der Waals surface area contributed by atoms with Crippen LogP contribution in [0, 0.1) is 23.6 Å². The molecule has 2 aliphatic carbocycles. The number of rotatable bonds is 5. The lowest BCUT2D eigenvalue weighted by molar-refractivity contribution is -0.153. The second kappa shape index (κ2) is 6.07. The summed E-state index contributed by atoms with van der Waals surface area (Å²) in [5, 5.41) is 12.1. The highest BCUT2D eigenvalue weighted by atomic mass is 19.1. The Labute approximate surface area is 128 Å². The number of halogens is 1. The van der Waals surface area contributed by atoms with Crippen molar-refractivity contribution in [3.05, 3.63) is 35.6 Å². The van der Waals surface area contributed by atoms with E-state index >= 15 is 0 Å². The molecule has 2 saturated carbocycles. The van der Waals surface area contributed by atoms with Crippen molar-refractivity contribution in [2.45, 2.75) is 38.1 Å². The standard InChI is InChI=1S/C17H20FNO3/c18-12-6-4-11(5-7-12)15(10-2-1-3-10)19-16(20)13-8-9-14(13)17(21)22/h4-7,10,13-15H,1-3,8-9H2,(H,19,20)(H,21,22). The summed E-state index contributed by atoms with van der Waals surface area (Å²) in [4.78, 5) is 23.5. The molecule has 2 aliphatic rings. The molecule has 0 aromatic heterocycles. The molecule has 5 heteroatoms. The maximum atomic E-state index is 13.1. The normalized spacial score (nSPS) is 25.7. The van der Waals surface area contributed by atoms with Crippen LogP contribution in [0.3, 0.4) is 0 Å². The minimum Gasteiger partial charge on any atom is -0.481 e. The Balaban J connectivity index is 1.72. The van der Waals surface area contributed by atoms with Gasteiger partial charge in [-0.25, -0.2) is 4.39 Å². The summed E-state index contributed by atoms with van der Waals surface area (Å²) in [7, 11) is 0. The highest BCUT2D eigenvalue weighted by Gasteiger charge is 2.42. The lowest BCUT2D eigenvalue weighted by Gasteiger charge is -2.38. The number of carbonyl (C=O) groups is 2. The number of benzene rings is 1. The van der Waals surface area contributed by atoms with Gasteiger partial charge in [-0.2, -0.15) is 0 Å². The molecule has 3 unspecified atom stereocenters. The average molecular weight is 305 g/mol. The van der Waals surface area contributed by atoms with Crippen LogP contribution in [0.1, 0.15) is 43.7 Å². The predicted octanol–water partition coefficient (Wildman–Crippen LogP) is 2.89. The van der Waals surface area contributed by atoms with Gasteiger partial charge in [0.1, 0.15) is 5.82 Å². The van der Waals surface area contributed by atoms with Crippen molar-refractivity contribution >= 4 is 11.9 Å². The minimum absolute atomic E-state index is 0.142. The zero-order valence-corrected chi connectivity index (χ0v) is 12.3. The molecule has 1 aromatic carbocycles. The highest BCUT2D eigenvalue weighted by Crippen LogP contribution is 2.40. The van der Waals surface area contributed by atoms with Gasteiger partial charge in [0.2, 0.25) is 5.91 Å².